The lowest BCUT2D eigenvalue weighted by Crippen LogP contribution is -2.22. The molecule has 2 atom stereocenters. The lowest BCUT2D eigenvalue weighted by molar-refractivity contribution is 0.414. The number of benzene rings is 1. The molecular formula is C11H16ClNO. The first-order valence-corrected chi connectivity index (χ1v) is 5.03. The molecule has 0 bridgehead atoms. The Morgan fingerprint density at radius 3 is 2.50 bits per heavy atom. The quantitative estimate of drug-likeness (QED) is 0.838. The Balaban J connectivity index is 3.00. The maximum Gasteiger partial charge on any atom is 0.137 e. The third kappa shape index (κ3) is 2.40. The van der Waals surface area contributed by atoms with E-state index >= 15 is 0 Å². The van der Waals surface area contributed by atoms with E-state index in [9.17, 15) is 0 Å². The summed E-state index contributed by atoms with van der Waals surface area (Å²) in [5.41, 5.74) is 6.98. The summed E-state index contributed by atoms with van der Waals surface area (Å²) in [5.74, 6) is 1.01. The van der Waals surface area contributed by atoms with E-state index in [4.69, 9.17) is 22.1 Å². The van der Waals surface area contributed by atoms with Gasteiger partial charge in [0.15, 0.2) is 0 Å². The summed E-state index contributed by atoms with van der Waals surface area (Å²) < 4.78 is 5.14. The van der Waals surface area contributed by atoms with Crippen LogP contribution in [0.25, 0.3) is 0 Å². The van der Waals surface area contributed by atoms with Gasteiger partial charge in [-0.1, -0.05) is 24.6 Å². The van der Waals surface area contributed by atoms with Gasteiger partial charge in [0.25, 0.3) is 0 Å². The van der Waals surface area contributed by atoms with Crippen LogP contribution in [-0.4, -0.2) is 13.2 Å². The Morgan fingerprint density at radius 1 is 1.36 bits per heavy atom. The van der Waals surface area contributed by atoms with Gasteiger partial charge >= 0.3 is 0 Å². The lowest BCUT2D eigenvalue weighted by atomic mass is 9.95. The molecular weight excluding hydrogens is 198 g/mol. The highest BCUT2D eigenvalue weighted by molar-refractivity contribution is 6.32. The van der Waals surface area contributed by atoms with Gasteiger partial charge in [-0.2, -0.15) is 0 Å². The average Bonchev–Trinajstić information content (AvgIpc) is 2.17. The average molecular weight is 214 g/mol. The molecule has 2 nitrogen and oxygen atoms in total. The predicted molar refractivity (Wildman–Crippen MR) is 60.1 cm³/mol. The van der Waals surface area contributed by atoms with Crippen LogP contribution < -0.4 is 10.5 Å². The summed E-state index contributed by atoms with van der Waals surface area (Å²) in [6.07, 6.45) is 0. The van der Waals surface area contributed by atoms with E-state index in [1.807, 2.05) is 25.1 Å². The topological polar surface area (TPSA) is 35.2 Å². The molecule has 2 N–H and O–H groups in total. The zero-order chi connectivity index (χ0) is 10.7. The molecule has 0 aliphatic carbocycles. The van der Waals surface area contributed by atoms with Crippen LogP contribution in [0.1, 0.15) is 25.3 Å². The van der Waals surface area contributed by atoms with Crippen LogP contribution in [0.4, 0.5) is 0 Å². The molecule has 0 saturated heterocycles. The van der Waals surface area contributed by atoms with Crippen molar-refractivity contribution in [2.75, 3.05) is 7.11 Å². The van der Waals surface area contributed by atoms with E-state index in [0.29, 0.717) is 16.7 Å². The van der Waals surface area contributed by atoms with Crippen LogP contribution in [0.2, 0.25) is 5.02 Å². The highest BCUT2D eigenvalue weighted by Crippen LogP contribution is 2.29. The number of methoxy groups -OCH3 is 1. The zero-order valence-electron chi connectivity index (χ0n) is 8.75. The van der Waals surface area contributed by atoms with Crippen LogP contribution >= 0.6 is 11.6 Å². The van der Waals surface area contributed by atoms with Crippen molar-refractivity contribution in [3.8, 4) is 5.75 Å². The van der Waals surface area contributed by atoms with Gasteiger partial charge in [-0.3, -0.25) is 0 Å². The molecule has 2 unspecified atom stereocenters. The number of ether oxygens (including phenoxy) is 1. The second-order valence-electron chi connectivity index (χ2n) is 3.54. The van der Waals surface area contributed by atoms with Crippen molar-refractivity contribution in [3.63, 3.8) is 0 Å². The number of hydrogen-bond acceptors (Lipinski definition) is 2. The summed E-state index contributed by atoms with van der Waals surface area (Å²) in [6.45, 7) is 4.08. The molecule has 3 heteroatoms. The van der Waals surface area contributed by atoms with Gasteiger partial charge in [0.1, 0.15) is 5.75 Å². The van der Waals surface area contributed by atoms with E-state index in [-0.39, 0.29) is 6.04 Å². The van der Waals surface area contributed by atoms with Crippen molar-refractivity contribution in [1.82, 2.24) is 0 Å². The molecule has 78 valence electrons. The molecule has 1 aromatic rings. The SMILES string of the molecule is COc1cc(C(C)C(C)N)ccc1Cl. The van der Waals surface area contributed by atoms with E-state index < -0.39 is 0 Å². The zero-order valence-corrected chi connectivity index (χ0v) is 9.51. The molecule has 14 heavy (non-hydrogen) atoms. The van der Waals surface area contributed by atoms with Gasteiger partial charge in [-0.15, -0.1) is 0 Å². The first kappa shape index (κ1) is 11.3. The molecule has 1 rings (SSSR count). The fraction of sp³-hybridized carbons (Fsp3) is 0.455. The van der Waals surface area contributed by atoms with E-state index in [0.717, 1.165) is 5.56 Å². The Kier molecular flexibility index (Phi) is 3.78. The molecule has 0 amide bonds. The normalized spacial score (nSPS) is 14.9. The third-order valence-corrected chi connectivity index (χ3v) is 2.80. The fourth-order valence-corrected chi connectivity index (χ4v) is 1.46. The second kappa shape index (κ2) is 4.67. The van der Waals surface area contributed by atoms with E-state index in [2.05, 4.69) is 6.92 Å². The summed E-state index contributed by atoms with van der Waals surface area (Å²) in [5, 5.41) is 0.633. The minimum Gasteiger partial charge on any atom is -0.495 e. The third-order valence-electron chi connectivity index (χ3n) is 2.49. The summed E-state index contributed by atoms with van der Waals surface area (Å²) in [7, 11) is 1.61. The molecule has 0 heterocycles. The maximum atomic E-state index is 5.92. The monoisotopic (exact) mass is 213 g/mol. The Bertz CT molecular complexity index is 312. The minimum atomic E-state index is 0.126. The van der Waals surface area contributed by atoms with Crippen molar-refractivity contribution in [2.45, 2.75) is 25.8 Å². The van der Waals surface area contributed by atoms with Crippen LogP contribution in [0.5, 0.6) is 5.75 Å². The Labute approximate surface area is 90.0 Å². The van der Waals surface area contributed by atoms with Crippen molar-refractivity contribution >= 4 is 11.6 Å². The fourth-order valence-electron chi connectivity index (χ4n) is 1.26. The van der Waals surface area contributed by atoms with E-state index in [1.165, 1.54) is 0 Å². The van der Waals surface area contributed by atoms with Crippen molar-refractivity contribution in [1.29, 1.82) is 0 Å². The molecule has 0 fully saturated rings. The molecule has 0 aliphatic heterocycles. The minimum absolute atomic E-state index is 0.126. The maximum absolute atomic E-state index is 5.92. The first-order valence-electron chi connectivity index (χ1n) is 4.65. The molecule has 0 aromatic heterocycles. The highest BCUT2D eigenvalue weighted by atomic mass is 35.5. The number of hydrogen-bond donors (Lipinski definition) is 1. The van der Waals surface area contributed by atoms with Gasteiger partial charge in [0, 0.05) is 6.04 Å². The molecule has 0 spiro atoms. The van der Waals surface area contributed by atoms with Crippen molar-refractivity contribution in [3.05, 3.63) is 28.8 Å². The van der Waals surface area contributed by atoms with Crippen LogP contribution in [0.3, 0.4) is 0 Å². The molecule has 0 saturated carbocycles. The molecule has 1 aromatic carbocycles. The van der Waals surface area contributed by atoms with Crippen molar-refractivity contribution in [2.24, 2.45) is 5.73 Å². The highest BCUT2D eigenvalue weighted by Gasteiger charge is 2.12. The Morgan fingerprint density at radius 2 is 2.00 bits per heavy atom. The molecule has 0 radical (unpaired) electrons. The van der Waals surface area contributed by atoms with Gasteiger partial charge in [0.05, 0.1) is 12.1 Å². The van der Waals surface area contributed by atoms with Crippen LogP contribution in [0.15, 0.2) is 18.2 Å². The summed E-state index contributed by atoms with van der Waals surface area (Å²) in [6, 6.07) is 5.89. The predicted octanol–water partition coefficient (Wildman–Crippen LogP) is 2.80. The number of nitrogens with two attached hydrogens (primary N) is 1. The van der Waals surface area contributed by atoms with Gasteiger partial charge in [0.2, 0.25) is 0 Å². The lowest BCUT2D eigenvalue weighted by Gasteiger charge is -2.17. The van der Waals surface area contributed by atoms with Gasteiger partial charge in [-0.05, 0) is 30.5 Å². The second-order valence-corrected chi connectivity index (χ2v) is 3.95. The first-order chi connectivity index (χ1) is 6.56. The largest absolute Gasteiger partial charge is 0.495 e. The van der Waals surface area contributed by atoms with Gasteiger partial charge < -0.3 is 10.5 Å². The summed E-state index contributed by atoms with van der Waals surface area (Å²) in [4.78, 5) is 0. The van der Waals surface area contributed by atoms with E-state index in [1.54, 1.807) is 7.11 Å². The Hall–Kier alpha value is -0.730. The van der Waals surface area contributed by atoms with Crippen LogP contribution in [-0.2, 0) is 0 Å². The smallest absolute Gasteiger partial charge is 0.137 e. The standard InChI is InChI=1S/C11H16ClNO/c1-7(8(2)13)9-4-5-10(12)11(6-9)14-3/h4-8H,13H2,1-3H3. The van der Waals surface area contributed by atoms with Crippen LogP contribution in [0, 0.1) is 0 Å². The van der Waals surface area contributed by atoms with Crippen molar-refractivity contribution < 1.29 is 4.74 Å². The van der Waals surface area contributed by atoms with Gasteiger partial charge in [-0.25, -0.2) is 0 Å². The molecule has 0 aliphatic rings. The number of rotatable bonds is 3. The number of halogens is 1. The summed E-state index contributed by atoms with van der Waals surface area (Å²) >= 11 is 5.92.